The molecule has 1 aliphatic rings. The summed E-state index contributed by atoms with van der Waals surface area (Å²) in [6, 6.07) is 17.0. The average Bonchev–Trinajstić information content (AvgIpc) is 2.55. The number of para-hydroxylation sites is 1. The largest absolute Gasteiger partial charge is 0.496 e. The van der Waals surface area contributed by atoms with E-state index in [0.717, 1.165) is 22.6 Å². The second-order valence-corrected chi connectivity index (χ2v) is 4.76. The van der Waals surface area contributed by atoms with Crippen LogP contribution in [0.5, 0.6) is 5.75 Å². The van der Waals surface area contributed by atoms with E-state index < -0.39 is 0 Å². The second kappa shape index (κ2) is 5.71. The molecule has 0 saturated heterocycles. The van der Waals surface area contributed by atoms with Crippen LogP contribution >= 0.6 is 0 Å². The molecule has 3 rings (SSSR count). The van der Waals surface area contributed by atoms with Gasteiger partial charge in [-0.2, -0.15) is 0 Å². The van der Waals surface area contributed by atoms with Gasteiger partial charge in [-0.3, -0.25) is 0 Å². The summed E-state index contributed by atoms with van der Waals surface area (Å²) in [6.45, 7) is 0. The minimum atomic E-state index is -0.217. The Morgan fingerprint density at radius 3 is 2.48 bits per heavy atom. The summed E-state index contributed by atoms with van der Waals surface area (Å²) in [5.41, 5.74) is 2.71. The lowest BCUT2D eigenvalue weighted by atomic mass is 10.0. The van der Waals surface area contributed by atoms with Gasteiger partial charge in [0.1, 0.15) is 5.75 Å². The van der Waals surface area contributed by atoms with E-state index in [1.54, 1.807) is 7.11 Å². The molecule has 0 fully saturated rings. The molecule has 106 valence electrons. The first-order chi connectivity index (χ1) is 10.3. The summed E-state index contributed by atoms with van der Waals surface area (Å²) in [5, 5.41) is 5.74. The molecular formula is C17H16N2O2. The van der Waals surface area contributed by atoms with Crippen molar-refractivity contribution in [2.24, 2.45) is 0 Å². The zero-order valence-electron chi connectivity index (χ0n) is 11.7. The Morgan fingerprint density at radius 1 is 1.00 bits per heavy atom. The fraction of sp³-hybridized carbons (Fsp3) is 0.118. The molecule has 21 heavy (non-hydrogen) atoms. The molecule has 0 aliphatic carbocycles. The fourth-order valence-electron chi connectivity index (χ4n) is 2.43. The van der Waals surface area contributed by atoms with Crippen LogP contribution in [-0.4, -0.2) is 13.1 Å². The predicted octanol–water partition coefficient (Wildman–Crippen LogP) is 3.09. The number of methoxy groups -OCH3 is 1. The summed E-state index contributed by atoms with van der Waals surface area (Å²) in [7, 11) is 1.63. The van der Waals surface area contributed by atoms with Crippen molar-refractivity contribution in [1.82, 2.24) is 10.6 Å². The maximum Gasteiger partial charge on any atom is 0.319 e. The first-order valence-electron chi connectivity index (χ1n) is 6.75. The van der Waals surface area contributed by atoms with Gasteiger partial charge in [-0.1, -0.05) is 48.5 Å². The molecule has 0 radical (unpaired) electrons. The number of carbonyl (C=O) groups excluding carboxylic acids is 1. The molecule has 1 unspecified atom stereocenters. The number of hydrogen-bond donors (Lipinski definition) is 2. The van der Waals surface area contributed by atoms with Gasteiger partial charge in [0.25, 0.3) is 0 Å². The quantitative estimate of drug-likeness (QED) is 0.907. The Bertz CT molecular complexity index is 680. The van der Waals surface area contributed by atoms with Gasteiger partial charge in [-0.15, -0.1) is 0 Å². The van der Waals surface area contributed by atoms with Crippen molar-refractivity contribution in [1.29, 1.82) is 0 Å². The van der Waals surface area contributed by atoms with Crippen LogP contribution in [0.2, 0.25) is 0 Å². The number of nitrogens with one attached hydrogen (secondary N) is 2. The lowest BCUT2D eigenvalue weighted by Gasteiger charge is -2.25. The van der Waals surface area contributed by atoms with Crippen LogP contribution in [0.1, 0.15) is 17.2 Å². The smallest absolute Gasteiger partial charge is 0.319 e. The highest BCUT2D eigenvalue weighted by Crippen LogP contribution is 2.29. The number of carbonyl (C=O) groups is 1. The minimum Gasteiger partial charge on any atom is -0.496 e. The molecule has 1 aliphatic heterocycles. The van der Waals surface area contributed by atoms with E-state index in [0.29, 0.717) is 0 Å². The van der Waals surface area contributed by atoms with Crippen molar-refractivity contribution >= 4 is 11.7 Å². The van der Waals surface area contributed by atoms with Crippen LogP contribution in [0, 0.1) is 0 Å². The van der Waals surface area contributed by atoms with E-state index in [1.165, 1.54) is 0 Å². The summed E-state index contributed by atoms with van der Waals surface area (Å²) in [4.78, 5) is 11.9. The van der Waals surface area contributed by atoms with Crippen molar-refractivity contribution in [3.05, 3.63) is 71.8 Å². The molecule has 4 heteroatoms. The highest BCUT2D eigenvalue weighted by Gasteiger charge is 2.22. The number of amides is 2. The van der Waals surface area contributed by atoms with E-state index in [9.17, 15) is 4.79 Å². The first kappa shape index (κ1) is 13.2. The average molecular weight is 280 g/mol. The Balaban J connectivity index is 2.01. The molecule has 0 saturated carbocycles. The van der Waals surface area contributed by atoms with Crippen LogP contribution in [0.4, 0.5) is 4.79 Å². The Kier molecular flexibility index (Phi) is 3.60. The third-order valence-electron chi connectivity index (χ3n) is 3.43. The third kappa shape index (κ3) is 2.74. The number of ether oxygens (including phenoxy) is 1. The van der Waals surface area contributed by atoms with Crippen molar-refractivity contribution in [2.75, 3.05) is 7.11 Å². The number of urea groups is 1. The van der Waals surface area contributed by atoms with Crippen LogP contribution < -0.4 is 15.4 Å². The molecule has 2 N–H and O–H groups in total. The Morgan fingerprint density at radius 2 is 1.71 bits per heavy atom. The van der Waals surface area contributed by atoms with E-state index >= 15 is 0 Å². The number of benzene rings is 2. The molecular weight excluding hydrogens is 264 g/mol. The van der Waals surface area contributed by atoms with Crippen LogP contribution in [0.25, 0.3) is 5.70 Å². The van der Waals surface area contributed by atoms with Crippen molar-refractivity contribution in [3.63, 3.8) is 0 Å². The normalized spacial score (nSPS) is 17.5. The van der Waals surface area contributed by atoms with Gasteiger partial charge >= 0.3 is 6.03 Å². The predicted molar refractivity (Wildman–Crippen MR) is 81.8 cm³/mol. The summed E-state index contributed by atoms with van der Waals surface area (Å²) in [6.07, 6.45) is 1.99. The second-order valence-electron chi connectivity index (χ2n) is 4.76. The monoisotopic (exact) mass is 280 g/mol. The van der Waals surface area contributed by atoms with Crippen molar-refractivity contribution < 1.29 is 9.53 Å². The van der Waals surface area contributed by atoms with Gasteiger partial charge in [0.15, 0.2) is 0 Å². The Labute approximate surface area is 123 Å². The van der Waals surface area contributed by atoms with E-state index in [4.69, 9.17) is 4.74 Å². The molecule has 0 spiro atoms. The maximum absolute atomic E-state index is 11.9. The lowest BCUT2D eigenvalue weighted by Crippen LogP contribution is -2.40. The van der Waals surface area contributed by atoms with Crippen molar-refractivity contribution in [3.8, 4) is 5.75 Å². The van der Waals surface area contributed by atoms with E-state index in [-0.39, 0.29) is 12.1 Å². The highest BCUT2D eigenvalue weighted by molar-refractivity contribution is 5.88. The molecule has 2 aromatic carbocycles. The standard InChI is InChI=1S/C17H16N2O2/c1-21-16-10-6-5-9-13(16)15-11-14(18-17(20)19-15)12-7-3-2-4-8-12/h2-11,15H,1H3,(H2,18,19,20). The molecule has 1 atom stereocenters. The van der Waals surface area contributed by atoms with Gasteiger partial charge in [0.2, 0.25) is 0 Å². The van der Waals surface area contributed by atoms with Gasteiger partial charge in [0.05, 0.1) is 13.2 Å². The summed E-state index contributed by atoms with van der Waals surface area (Å²) < 4.78 is 5.37. The van der Waals surface area contributed by atoms with Gasteiger partial charge in [-0.25, -0.2) is 4.79 Å². The van der Waals surface area contributed by atoms with Crippen LogP contribution in [0.3, 0.4) is 0 Å². The van der Waals surface area contributed by atoms with Crippen molar-refractivity contribution in [2.45, 2.75) is 6.04 Å². The van der Waals surface area contributed by atoms with Gasteiger partial charge < -0.3 is 15.4 Å². The molecule has 0 bridgehead atoms. The molecule has 4 nitrogen and oxygen atoms in total. The zero-order chi connectivity index (χ0) is 14.7. The number of hydrogen-bond acceptors (Lipinski definition) is 2. The Hall–Kier alpha value is -2.75. The summed E-state index contributed by atoms with van der Waals surface area (Å²) >= 11 is 0. The van der Waals surface area contributed by atoms with Gasteiger partial charge in [0, 0.05) is 11.3 Å². The molecule has 2 aromatic rings. The highest BCUT2D eigenvalue weighted by atomic mass is 16.5. The first-order valence-corrected chi connectivity index (χ1v) is 6.75. The van der Waals surface area contributed by atoms with Crippen LogP contribution in [0.15, 0.2) is 60.7 Å². The third-order valence-corrected chi connectivity index (χ3v) is 3.43. The summed E-state index contributed by atoms with van der Waals surface area (Å²) in [5.74, 6) is 0.758. The topological polar surface area (TPSA) is 50.4 Å². The molecule has 1 heterocycles. The number of rotatable bonds is 3. The molecule has 0 aromatic heterocycles. The van der Waals surface area contributed by atoms with E-state index in [1.807, 2.05) is 60.7 Å². The zero-order valence-corrected chi connectivity index (χ0v) is 11.7. The van der Waals surface area contributed by atoms with Gasteiger partial charge in [-0.05, 0) is 17.7 Å². The maximum atomic E-state index is 11.9. The van der Waals surface area contributed by atoms with E-state index in [2.05, 4.69) is 10.6 Å². The lowest BCUT2D eigenvalue weighted by molar-refractivity contribution is 0.241. The minimum absolute atomic E-state index is 0.216. The molecule has 2 amide bonds. The fourth-order valence-corrected chi connectivity index (χ4v) is 2.43. The van der Waals surface area contributed by atoms with Crippen LogP contribution in [-0.2, 0) is 0 Å². The SMILES string of the molecule is COc1ccccc1C1C=C(c2ccccc2)NC(=O)N1.